The Labute approximate surface area is 123 Å². The second-order valence-electron chi connectivity index (χ2n) is 6.27. The maximum atomic E-state index is 12.8. The summed E-state index contributed by atoms with van der Waals surface area (Å²) in [5.41, 5.74) is 7.42. The fraction of sp³-hybridized carbons (Fsp3) is 0.500. The van der Waals surface area contributed by atoms with E-state index in [1.54, 1.807) is 23.1 Å². The number of nitrogens with zero attached hydrogens (tertiary/aromatic N) is 1. The smallest absolute Gasteiger partial charge is 0.335 e. The molecule has 1 saturated carbocycles. The summed E-state index contributed by atoms with van der Waals surface area (Å²) in [5, 5.41) is 9.07. The molecule has 0 aromatic heterocycles. The lowest BCUT2D eigenvalue weighted by Crippen LogP contribution is -2.56. The van der Waals surface area contributed by atoms with Gasteiger partial charge in [0.1, 0.15) is 0 Å². The molecule has 0 radical (unpaired) electrons. The van der Waals surface area contributed by atoms with Crippen LogP contribution < -0.4 is 10.6 Å². The number of carboxylic acids is 1. The number of nitrogens with two attached hydrogens (primary N) is 1. The van der Waals surface area contributed by atoms with Gasteiger partial charge in [-0.25, -0.2) is 4.79 Å². The third kappa shape index (κ3) is 2.42. The molecule has 1 unspecified atom stereocenters. The van der Waals surface area contributed by atoms with Crippen molar-refractivity contribution in [2.75, 3.05) is 11.4 Å². The number of carbonyl (C=O) groups excluding carboxylic acids is 1. The zero-order valence-electron chi connectivity index (χ0n) is 12.1. The number of carboxylic acid groups (broad SMARTS) is 1. The van der Waals surface area contributed by atoms with Crippen LogP contribution in [0.15, 0.2) is 18.2 Å². The molecule has 1 aromatic rings. The van der Waals surface area contributed by atoms with Crippen LogP contribution in [-0.2, 0) is 11.2 Å². The van der Waals surface area contributed by atoms with Gasteiger partial charge in [0.15, 0.2) is 0 Å². The predicted molar refractivity (Wildman–Crippen MR) is 79.4 cm³/mol. The largest absolute Gasteiger partial charge is 0.478 e. The monoisotopic (exact) mass is 288 g/mol. The highest BCUT2D eigenvalue weighted by Gasteiger charge is 2.46. The van der Waals surface area contributed by atoms with Gasteiger partial charge in [-0.1, -0.05) is 0 Å². The van der Waals surface area contributed by atoms with Crippen LogP contribution in [0, 0.1) is 5.92 Å². The number of benzene rings is 1. The van der Waals surface area contributed by atoms with Crippen molar-refractivity contribution in [3.05, 3.63) is 29.3 Å². The molecule has 1 heterocycles. The molecule has 0 saturated heterocycles. The number of aryl methyl sites for hydroxylation is 1. The summed E-state index contributed by atoms with van der Waals surface area (Å²) in [7, 11) is 0. The first-order valence-electron chi connectivity index (χ1n) is 7.38. The Morgan fingerprint density at radius 3 is 2.71 bits per heavy atom. The summed E-state index contributed by atoms with van der Waals surface area (Å²) in [6.07, 6.45) is 3.66. The minimum Gasteiger partial charge on any atom is -0.478 e. The van der Waals surface area contributed by atoms with Crippen LogP contribution in [0.5, 0.6) is 0 Å². The standard InChI is InChI=1S/C16H20N2O3/c1-16(17,12-5-6-12)15(21)18-8-2-3-10-9-11(14(19)20)4-7-13(10)18/h4,7,9,12H,2-3,5-6,8,17H2,1H3,(H,19,20). The minimum atomic E-state index is -0.942. The third-order valence-corrected chi connectivity index (χ3v) is 4.58. The fourth-order valence-electron chi connectivity index (χ4n) is 3.09. The number of carbonyl (C=O) groups is 2. The SMILES string of the molecule is CC(N)(C(=O)N1CCCc2cc(C(=O)O)ccc21)C1CC1. The normalized spacial score (nSPS) is 20.6. The van der Waals surface area contributed by atoms with Crippen molar-refractivity contribution in [3.8, 4) is 0 Å². The van der Waals surface area contributed by atoms with Crippen LogP contribution >= 0.6 is 0 Å². The first kappa shape index (κ1) is 14.1. The Kier molecular flexibility index (Phi) is 3.24. The van der Waals surface area contributed by atoms with Crippen molar-refractivity contribution in [2.24, 2.45) is 11.7 Å². The van der Waals surface area contributed by atoms with Crippen LogP contribution in [0.25, 0.3) is 0 Å². The number of rotatable bonds is 3. The molecule has 112 valence electrons. The Morgan fingerprint density at radius 1 is 1.38 bits per heavy atom. The number of hydrogen-bond donors (Lipinski definition) is 2. The van der Waals surface area contributed by atoms with Gasteiger partial charge in [-0.3, -0.25) is 4.79 Å². The number of aromatic carboxylic acids is 1. The summed E-state index contributed by atoms with van der Waals surface area (Å²) in [6, 6.07) is 4.96. The molecule has 1 atom stereocenters. The van der Waals surface area contributed by atoms with Crippen molar-refractivity contribution in [1.82, 2.24) is 0 Å². The summed E-state index contributed by atoms with van der Waals surface area (Å²) in [6.45, 7) is 2.46. The summed E-state index contributed by atoms with van der Waals surface area (Å²) in [4.78, 5) is 25.6. The van der Waals surface area contributed by atoms with Crippen LogP contribution in [-0.4, -0.2) is 29.1 Å². The van der Waals surface area contributed by atoms with Gasteiger partial charge in [0.2, 0.25) is 5.91 Å². The van der Waals surface area contributed by atoms with E-state index in [2.05, 4.69) is 0 Å². The van der Waals surface area contributed by atoms with Crippen molar-refractivity contribution in [3.63, 3.8) is 0 Å². The molecule has 1 aliphatic heterocycles. The Bertz CT molecular complexity index is 606. The van der Waals surface area contributed by atoms with E-state index in [0.29, 0.717) is 6.54 Å². The Balaban J connectivity index is 1.93. The van der Waals surface area contributed by atoms with Gasteiger partial charge in [0.25, 0.3) is 0 Å². The highest BCUT2D eigenvalue weighted by atomic mass is 16.4. The zero-order valence-corrected chi connectivity index (χ0v) is 12.1. The lowest BCUT2D eigenvalue weighted by atomic mass is 9.92. The van der Waals surface area contributed by atoms with Crippen molar-refractivity contribution in [1.29, 1.82) is 0 Å². The quantitative estimate of drug-likeness (QED) is 0.888. The molecule has 5 heteroatoms. The van der Waals surface area contributed by atoms with Crippen LogP contribution in [0.2, 0.25) is 0 Å². The average molecular weight is 288 g/mol. The van der Waals surface area contributed by atoms with Gasteiger partial charge in [-0.05, 0) is 62.3 Å². The van der Waals surface area contributed by atoms with Crippen molar-refractivity contribution in [2.45, 2.75) is 38.1 Å². The average Bonchev–Trinajstić information content (AvgIpc) is 3.30. The molecule has 0 spiro atoms. The van der Waals surface area contributed by atoms with Crippen LogP contribution in [0.3, 0.4) is 0 Å². The van der Waals surface area contributed by atoms with Gasteiger partial charge in [-0.2, -0.15) is 0 Å². The van der Waals surface area contributed by atoms with Crippen molar-refractivity contribution < 1.29 is 14.7 Å². The van der Waals surface area contributed by atoms with Gasteiger partial charge in [0.05, 0.1) is 11.1 Å². The van der Waals surface area contributed by atoms with E-state index < -0.39 is 11.5 Å². The molecule has 1 aromatic carbocycles. The minimum absolute atomic E-state index is 0.0472. The first-order chi connectivity index (χ1) is 9.91. The van der Waals surface area contributed by atoms with E-state index in [-0.39, 0.29) is 17.4 Å². The molecule has 1 amide bonds. The predicted octanol–water partition coefficient (Wildman–Crippen LogP) is 1.79. The second-order valence-corrected chi connectivity index (χ2v) is 6.27. The topological polar surface area (TPSA) is 83.6 Å². The molecular formula is C16H20N2O3. The number of anilines is 1. The molecule has 3 rings (SSSR count). The van der Waals surface area contributed by atoms with Crippen LogP contribution in [0.1, 0.15) is 42.1 Å². The zero-order chi connectivity index (χ0) is 15.2. The lowest BCUT2D eigenvalue weighted by molar-refractivity contribution is -0.123. The number of hydrogen-bond acceptors (Lipinski definition) is 3. The lowest BCUT2D eigenvalue weighted by Gasteiger charge is -2.35. The Hall–Kier alpha value is -1.88. The molecule has 3 N–H and O–H groups in total. The molecule has 2 aliphatic rings. The maximum Gasteiger partial charge on any atom is 0.335 e. The van der Waals surface area contributed by atoms with Gasteiger partial charge >= 0.3 is 5.97 Å². The fourth-order valence-corrected chi connectivity index (χ4v) is 3.09. The molecule has 21 heavy (non-hydrogen) atoms. The van der Waals surface area contributed by atoms with Gasteiger partial charge in [0, 0.05) is 12.2 Å². The van der Waals surface area contributed by atoms with Crippen molar-refractivity contribution >= 4 is 17.6 Å². The van der Waals surface area contributed by atoms with E-state index in [9.17, 15) is 9.59 Å². The summed E-state index contributed by atoms with van der Waals surface area (Å²) in [5.74, 6) is -0.717. The number of amides is 1. The highest BCUT2D eigenvalue weighted by molar-refractivity contribution is 6.01. The molecule has 1 fully saturated rings. The second kappa shape index (κ2) is 4.84. The summed E-state index contributed by atoms with van der Waals surface area (Å²) >= 11 is 0. The number of fused-ring (bicyclic) bond motifs is 1. The van der Waals surface area contributed by atoms with E-state index in [1.807, 2.05) is 6.92 Å². The Morgan fingerprint density at radius 2 is 2.10 bits per heavy atom. The van der Waals surface area contributed by atoms with E-state index in [4.69, 9.17) is 10.8 Å². The molecular weight excluding hydrogens is 268 g/mol. The van der Waals surface area contributed by atoms with E-state index >= 15 is 0 Å². The molecule has 0 bridgehead atoms. The van der Waals surface area contributed by atoms with Gasteiger partial charge in [-0.15, -0.1) is 0 Å². The third-order valence-electron chi connectivity index (χ3n) is 4.58. The summed E-state index contributed by atoms with van der Waals surface area (Å²) < 4.78 is 0. The van der Waals surface area contributed by atoms with E-state index in [1.165, 1.54) is 0 Å². The molecule has 5 nitrogen and oxygen atoms in total. The molecule has 1 aliphatic carbocycles. The van der Waals surface area contributed by atoms with Crippen LogP contribution in [0.4, 0.5) is 5.69 Å². The van der Waals surface area contributed by atoms with Gasteiger partial charge < -0.3 is 15.7 Å². The first-order valence-corrected chi connectivity index (χ1v) is 7.38. The maximum absolute atomic E-state index is 12.8. The van der Waals surface area contributed by atoms with E-state index in [0.717, 1.165) is 36.9 Å². The highest BCUT2D eigenvalue weighted by Crippen LogP contribution is 2.40.